The number of ether oxygens (including phenoxy) is 1. The largest absolute Gasteiger partial charge is 0.328 e. The van der Waals surface area contributed by atoms with Crippen LogP contribution in [0.1, 0.15) is 34.0 Å². The molecule has 0 aromatic heterocycles. The maximum absolute atomic E-state index is 13.2. The van der Waals surface area contributed by atoms with Gasteiger partial charge in [-0.2, -0.15) is 0 Å². The van der Waals surface area contributed by atoms with E-state index in [9.17, 15) is 4.79 Å². The minimum absolute atomic E-state index is 0.140. The standard InChI is InChI=1S/C23H21NO2/c1-16-8-12-19(13-9-16)23(20-14-10-17(2)11-15-20)22(25)24-21(26-23)18-6-4-3-5-7-18/h3-15,21H,1-2H3,(H,24,25). The topological polar surface area (TPSA) is 38.3 Å². The molecule has 0 radical (unpaired) electrons. The predicted molar refractivity (Wildman–Crippen MR) is 102 cm³/mol. The number of rotatable bonds is 3. The van der Waals surface area contributed by atoms with Crippen LogP contribution in [0.2, 0.25) is 0 Å². The van der Waals surface area contributed by atoms with Crippen LogP contribution in [-0.4, -0.2) is 5.91 Å². The number of amides is 1. The highest BCUT2D eigenvalue weighted by Crippen LogP contribution is 2.42. The Morgan fingerprint density at radius 2 is 1.27 bits per heavy atom. The quantitative estimate of drug-likeness (QED) is 0.766. The molecule has 1 amide bonds. The number of hydrogen-bond donors (Lipinski definition) is 1. The monoisotopic (exact) mass is 343 g/mol. The molecule has 1 saturated heterocycles. The van der Waals surface area contributed by atoms with E-state index in [1.165, 1.54) is 0 Å². The van der Waals surface area contributed by atoms with E-state index < -0.39 is 11.8 Å². The summed E-state index contributed by atoms with van der Waals surface area (Å²) >= 11 is 0. The van der Waals surface area contributed by atoms with Gasteiger partial charge >= 0.3 is 0 Å². The Bertz CT molecular complexity index is 869. The van der Waals surface area contributed by atoms with Crippen molar-refractivity contribution in [2.75, 3.05) is 0 Å². The molecule has 3 heteroatoms. The molecule has 130 valence electrons. The van der Waals surface area contributed by atoms with Crippen molar-refractivity contribution in [3.8, 4) is 0 Å². The molecule has 0 spiro atoms. The Balaban J connectivity index is 1.85. The second-order valence-corrected chi connectivity index (χ2v) is 6.80. The summed E-state index contributed by atoms with van der Waals surface area (Å²) in [6, 6.07) is 25.7. The molecule has 1 fully saturated rings. The van der Waals surface area contributed by atoms with Crippen molar-refractivity contribution >= 4 is 5.91 Å². The van der Waals surface area contributed by atoms with Crippen LogP contribution in [0.25, 0.3) is 0 Å². The summed E-state index contributed by atoms with van der Waals surface area (Å²) in [6.45, 7) is 4.06. The number of carbonyl (C=O) groups excluding carboxylic acids is 1. The third-order valence-electron chi connectivity index (χ3n) is 4.90. The summed E-state index contributed by atoms with van der Waals surface area (Å²) in [4.78, 5) is 13.2. The second kappa shape index (κ2) is 6.43. The molecule has 0 saturated carbocycles. The van der Waals surface area contributed by atoms with Gasteiger partial charge < -0.3 is 10.1 Å². The number of hydrogen-bond acceptors (Lipinski definition) is 2. The van der Waals surface area contributed by atoms with Crippen molar-refractivity contribution in [2.45, 2.75) is 25.7 Å². The molecule has 3 aromatic carbocycles. The zero-order chi connectivity index (χ0) is 18.1. The summed E-state index contributed by atoms with van der Waals surface area (Å²) in [5.74, 6) is -0.140. The fourth-order valence-electron chi connectivity index (χ4n) is 3.40. The van der Waals surface area contributed by atoms with E-state index in [0.29, 0.717) is 0 Å². The summed E-state index contributed by atoms with van der Waals surface area (Å²) < 4.78 is 6.44. The number of aryl methyl sites for hydroxylation is 2. The van der Waals surface area contributed by atoms with Crippen molar-refractivity contribution < 1.29 is 9.53 Å². The fourth-order valence-corrected chi connectivity index (χ4v) is 3.40. The number of benzene rings is 3. The van der Waals surface area contributed by atoms with E-state index >= 15 is 0 Å². The third kappa shape index (κ3) is 2.71. The van der Waals surface area contributed by atoms with Gasteiger partial charge in [0.25, 0.3) is 5.91 Å². The molecule has 3 aromatic rings. The van der Waals surface area contributed by atoms with Gasteiger partial charge in [-0.15, -0.1) is 0 Å². The lowest BCUT2D eigenvalue weighted by Crippen LogP contribution is -2.37. The lowest BCUT2D eigenvalue weighted by molar-refractivity contribution is -0.130. The van der Waals surface area contributed by atoms with Gasteiger partial charge in [0.05, 0.1) is 0 Å². The van der Waals surface area contributed by atoms with E-state index in [2.05, 4.69) is 5.32 Å². The summed E-state index contributed by atoms with van der Waals surface area (Å²) in [5, 5.41) is 3.03. The van der Waals surface area contributed by atoms with Gasteiger partial charge in [0.1, 0.15) is 0 Å². The zero-order valence-corrected chi connectivity index (χ0v) is 14.9. The zero-order valence-electron chi connectivity index (χ0n) is 14.9. The highest BCUT2D eigenvalue weighted by Gasteiger charge is 2.51. The Kier molecular flexibility index (Phi) is 4.09. The lowest BCUT2D eigenvalue weighted by Gasteiger charge is -2.27. The lowest BCUT2D eigenvalue weighted by atomic mass is 9.85. The predicted octanol–water partition coefficient (Wildman–Crippen LogP) is 4.39. The molecule has 0 aliphatic carbocycles. The molecule has 1 N–H and O–H groups in total. The third-order valence-corrected chi connectivity index (χ3v) is 4.90. The Morgan fingerprint density at radius 3 is 1.77 bits per heavy atom. The van der Waals surface area contributed by atoms with Gasteiger partial charge in [-0.1, -0.05) is 90.0 Å². The van der Waals surface area contributed by atoms with Crippen LogP contribution in [0.5, 0.6) is 0 Å². The van der Waals surface area contributed by atoms with Gasteiger partial charge in [0.15, 0.2) is 11.8 Å². The molecule has 1 atom stereocenters. The number of carbonyl (C=O) groups is 1. The molecule has 0 bridgehead atoms. The van der Waals surface area contributed by atoms with Gasteiger partial charge in [0.2, 0.25) is 0 Å². The summed E-state index contributed by atoms with van der Waals surface area (Å²) in [7, 11) is 0. The fraction of sp³-hybridized carbons (Fsp3) is 0.174. The number of nitrogens with one attached hydrogen (secondary N) is 1. The van der Waals surface area contributed by atoms with E-state index in [-0.39, 0.29) is 5.91 Å². The molecule has 1 unspecified atom stereocenters. The first kappa shape index (κ1) is 16.6. The smallest absolute Gasteiger partial charge is 0.263 e. The van der Waals surface area contributed by atoms with Gasteiger partial charge in [0, 0.05) is 5.56 Å². The minimum atomic E-state index is -1.15. The van der Waals surface area contributed by atoms with Crippen LogP contribution in [-0.2, 0) is 15.1 Å². The maximum atomic E-state index is 13.2. The SMILES string of the molecule is Cc1ccc(C2(c3ccc(C)cc3)OC(c3ccccc3)NC2=O)cc1. The van der Waals surface area contributed by atoms with Crippen LogP contribution in [0.4, 0.5) is 0 Å². The summed E-state index contributed by atoms with van der Waals surface area (Å²) in [6.07, 6.45) is -0.480. The van der Waals surface area contributed by atoms with Gasteiger partial charge in [-0.25, -0.2) is 0 Å². The van der Waals surface area contributed by atoms with Gasteiger partial charge in [-0.05, 0) is 25.0 Å². The molecule has 1 heterocycles. The van der Waals surface area contributed by atoms with Crippen molar-refractivity contribution in [3.05, 3.63) is 107 Å². The van der Waals surface area contributed by atoms with Gasteiger partial charge in [-0.3, -0.25) is 4.79 Å². The average molecular weight is 343 g/mol. The van der Waals surface area contributed by atoms with E-state index in [4.69, 9.17) is 4.74 Å². The summed E-state index contributed by atoms with van der Waals surface area (Å²) in [5.41, 5.74) is 3.74. The molecule has 3 nitrogen and oxygen atoms in total. The molecular weight excluding hydrogens is 322 g/mol. The van der Waals surface area contributed by atoms with Crippen LogP contribution < -0.4 is 5.32 Å². The highest BCUT2D eigenvalue weighted by molar-refractivity contribution is 5.92. The van der Waals surface area contributed by atoms with Crippen LogP contribution in [0, 0.1) is 13.8 Å². The first-order valence-corrected chi connectivity index (χ1v) is 8.77. The normalized spacial score (nSPS) is 18.5. The Morgan fingerprint density at radius 1 is 0.769 bits per heavy atom. The van der Waals surface area contributed by atoms with Crippen molar-refractivity contribution in [2.24, 2.45) is 0 Å². The van der Waals surface area contributed by atoms with Crippen molar-refractivity contribution in [3.63, 3.8) is 0 Å². The molecule has 1 aliphatic heterocycles. The molecular formula is C23H21NO2. The molecule has 4 rings (SSSR count). The second-order valence-electron chi connectivity index (χ2n) is 6.80. The van der Waals surface area contributed by atoms with E-state index in [1.807, 2.05) is 92.7 Å². The van der Waals surface area contributed by atoms with Crippen LogP contribution >= 0.6 is 0 Å². The van der Waals surface area contributed by atoms with Crippen LogP contribution in [0.15, 0.2) is 78.9 Å². The molecule has 26 heavy (non-hydrogen) atoms. The minimum Gasteiger partial charge on any atom is -0.328 e. The van der Waals surface area contributed by atoms with Crippen LogP contribution in [0.3, 0.4) is 0 Å². The van der Waals surface area contributed by atoms with Crippen molar-refractivity contribution in [1.82, 2.24) is 5.32 Å². The van der Waals surface area contributed by atoms with E-state index in [0.717, 1.165) is 27.8 Å². The average Bonchev–Trinajstić information content (AvgIpc) is 3.02. The first-order valence-electron chi connectivity index (χ1n) is 8.77. The maximum Gasteiger partial charge on any atom is 0.263 e. The highest BCUT2D eigenvalue weighted by atomic mass is 16.5. The molecule has 1 aliphatic rings. The van der Waals surface area contributed by atoms with E-state index in [1.54, 1.807) is 0 Å². The Hall–Kier alpha value is -2.91. The Labute approximate surface area is 153 Å². The first-order chi connectivity index (χ1) is 12.6. The van der Waals surface area contributed by atoms with Crippen molar-refractivity contribution in [1.29, 1.82) is 0 Å².